The van der Waals surface area contributed by atoms with Crippen molar-refractivity contribution < 1.29 is 14.7 Å². The van der Waals surface area contributed by atoms with Crippen molar-refractivity contribution in [1.29, 1.82) is 0 Å². The van der Waals surface area contributed by atoms with Gasteiger partial charge in [-0.3, -0.25) is 9.59 Å². The van der Waals surface area contributed by atoms with E-state index >= 15 is 0 Å². The summed E-state index contributed by atoms with van der Waals surface area (Å²) < 4.78 is 0. The number of hydrogen-bond acceptors (Lipinski definition) is 3. The molecule has 2 amide bonds. The van der Waals surface area contributed by atoms with Gasteiger partial charge in [0.25, 0.3) is 0 Å². The van der Waals surface area contributed by atoms with Gasteiger partial charge in [-0.2, -0.15) is 0 Å². The fourth-order valence-electron chi connectivity index (χ4n) is 2.05. The zero-order valence-corrected chi connectivity index (χ0v) is 12.5. The minimum atomic E-state index is -0.813. The van der Waals surface area contributed by atoms with E-state index in [4.69, 9.17) is 5.73 Å². The quantitative estimate of drug-likeness (QED) is 0.708. The lowest BCUT2D eigenvalue weighted by Gasteiger charge is -2.14. The molecule has 23 heavy (non-hydrogen) atoms. The van der Waals surface area contributed by atoms with Gasteiger partial charge in [0.2, 0.25) is 11.8 Å². The molecule has 0 aromatic heterocycles. The Balaban J connectivity index is 1.98. The van der Waals surface area contributed by atoms with Crippen LogP contribution in [0.1, 0.15) is 11.1 Å². The SMILES string of the molecule is NC(=O)[C@H](Cc1ccc(O)cc1)NC(=O)/C=C/c1ccccc1. The van der Waals surface area contributed by atoms with Gasteiger partial charge in [-0.25, -0.2) is 0 Å². The van der Waals surface area contributed by atoms with Crippen LogP contribution >= 0.6 is 0 Å². The van der Waals surface area contributed by atoms with E-state index in [2.05, 4.69) is 5.32 Å². The van der Waals surface area contributed by atoms with Gasteiger partial charge in [0, 0.05) is 12.5 Å². The molecule has 0 unspecified atom stereocenters. The number of nitrogens with two attached hydrogens (primary N) is 1. The van der Waals surface area contributed by atoms with Crippen molar-refractivity contribution in [2.24, 2.45) is 5.73 Å². The van der Waals surface area contributed by atoms with Crippen LogP contribution < -0.4 is 11.1 Å². The lowest BCUT2D eigenvalue weighted by atomic mass is 10.1. The van der Waals surface area contributed by atoms with E-state index in [1.165, 1.54) is 18.2 Å². The summed E-state index contributed by atoms with van der Waals surface area (Å²) in [5.74, 6) is -0.866. The van der Waals surface area contributed by atoms with E-state index in [9.17, 15) is 14.7 Å². The molecule has 0 radical (unpaired) electrons. The van der Waals surface area contributed by atoms with E-state index in [1.807, 2.05) is 30.3 Å². The van der Waals surface area contributed by atoms with E-state index in [0.717, 1.165) is 11.1 Å². The number of amides is 2. The van der Waals surface area contributed by atoms with Crippen molar-refractivity contribution in [2.75, 3.05) is 0 Å². The van der Waals surface area contributed by atoms with Crippen LogP contribution in [0.5, 0.6) is 5.75 Å². The molecule has 0 aliphatic carbocycles. The summed E-state index contributed by atoms with van der Waals surface area (Å²) in [5, 5.41) is 11.8. The van der Waals surface area contributed by atoms with Crippen molar-refractivity contribution >= 4 is 17.9 Å². The number of nitrogens with one attached hydrogen (secondary N) is 1. The summed E-state index contributed by atoms with van der Waals surface area (Å²) in [4.78, 5) is 23.4. The highest BCUT2D eigenvalue weighted by Crippen LogP contribution is 2.11. The maximum Gasteiger partial charge on any atom is 0.244 e. The Morgan fingerprint density at radius 1 is 1.09 bits per heavy atom. The number of benzene rings is 2. The molecular formula is C18H18N2O3. The first-order chi connectivity index (χ1) is 11.0. The fourth-order valence-corrected chi connectivity index (χ4v) is 2.05. The van der Waals surface area contributed by atoms with Gasteiger partial charge in [0.1, 0.15) is 11.8 Å². The highest BCUT2D eigenvalue weighted by molar-refractivity contribution is 5.95. The van der Waals surface area contributed by atoms with Crippen LogP contribution in [0.3, 0.4) is 0 Å². The molecule has 0 saturated heterocycles. The topological polar surface area (TPSA) is 92.4 Å². The molecule has 0 fully saturated rings. The lowest BCUT2D eigenvalue weighted by molar-refractivity contribution is -0.124. The number of phenols is 1. The first-order valence-corrected chi connectivity index (χ1v) is 7.15. The summed E-state index contributed by atoms with van der Waals surface area (Å²) in [6, 6.07) is 14.9. The highest BCUT2D eigenvalue weighted by Gasteiger charge is 2.17. The van der Waals surface area contributed by atoms with Gasteiger partial charge >= 0.3 is 0 Å². The molecule has 0 aliphatic heterocycles. The summed E-state index contributed by atoms with van der Waals surface area (Å²) >= 11 is 0. The molecule has 2 aromatic rings. The molecule has 2 rings (SSSR count). The number of carbonyl (C=O) groups excluding carboxylic acids is 2. The smallest absolute Gasteiger partial charge is 0.244 e. The maximum absolute atomic E-state index is 11.9. The largest absolute Gasteiger partial charge is 0.508 e. The Labute approximate surface area is 134 Å². The number of carbonyl (C=O) groups is 2. The number of rotatable bonds is 6. The molecule has 5 nitrogen and oxygen atoms in total. The molecular weight excluding hydrogens is 292 g/mol. The second-order valence-corrected chi connectivity index (χ2v) is 5.08. The average Bonchev–Trinajstić information content (AvgIpc) is 2.55. The van der Waals surface area contributed by atoms with Crippen LogP contribution in [-0.2, 0) is 16.0 Å². The van der Waals surface area contributed by atoms with E-state index in [1.54, 1.807) is 18.2 Å². The number of primary amides is 1. The number of phenolic OH excluding ortho intramolecular Hbond substituents is 1. The Morgan fingerprint density at radius 2 is 1.74 bits per heavy atom. The standard InChI is InChI=1S/C18H18N2O3/c19-18(23)16(12-14-6-9-15(21)10-7-14)20-17(22)11-8-13-4-2-1-3-5-13/h1-11,16,21H,12H2,(H2,19,23)(H,20,22)/b11-8+/t16-/m0/s1. The van der Waals surface area contributed by atoms with Gasteiger partial charge in [-0.05, 0) is 29.3 Å². The molecule has 2 aromatic carbocycles. The fraction of sp³-hybridized carbons (Fsp3) is 0.111. The van der Waals surface area contributed by atoms with Crippen LogP contribution in [0.25, 0.3) is 6.08 Å². The van der Waals surface area contributed by atoms with Crippen molar-refractivity contribution in [3.8, 4) is 5.75 Å². The molecule has 0 bridgehead atoms. The second-order valence-electron chi connectivity index (χ2n) is 5.08. The predicted molar refractivity (Wildman–Crippen MR) is 88.4 cm³/mol. The average molecular weight is 310 g/mol. The summed E-state index contributed by atoms with van der Waals surface area (Å²) in [6.45, 7) is 0. The Hall–Kier alpha value is -3.08. The third-order valence-electron chi connectivity index (χ3n) is 3.26. The van der Waals surface area contributed by atoms with Crippen LogP contribution in [-0.4, -0.2) is 23.0 Å². The van der Waals surface area contributed by atoms with Gasteiger partial charge in [-0.15, -0.1) is 0 Å². The number of hydrogen-bond donors (Lipinski definition) is 3. The molecule has 0 saturated carbocycles. The van der Waals surface area contributed by atoms with Crippen LogP contribution in [0.15, 0.2) is 60.7 Å². The van der Waals surface area contributed by atoms with Crippen molar-refractivity contribution in [3.05, 3.63) is 71.8 Å². The summed E-state index contributed by atoms with van der Waals surface area (Å²) in [7, 11) is 0. The van der Waals surface area contributed by atoms with Gasteiger partial charge in [-0.1, -0.05) is 42.5 Å². The van der Waals surface area contributed by atoms with E-state index in [-0.39, 0.29) is 12.2 Å². The van der Waals surface area contributed by atoms with E-state index < -0.39 is 17.9 Å². The van der Waals surface area contributed by atoms with Crippen LogP contribution in [0.2, 0.25) is 0 Å². The summed E-state index contributed by atoms with van der Waals surface area (Å²) in [5.41, 5.74) is 7.02. The third-order valence-corrected chi connectivity index (χ3v) is 3.26. The second kappa shape index (κ2) is 7.79. The van der Waals surface area contributed by atoms with Crippen LogP contribution in [0, 0.1) is 0 Å². The molecule has 5 heteroatoms. The van der Waals surface area contributed by atoms with Crippen LogP contribution in [0.4, 0.5) is 0 Å². The maximum atomic E-state index is 11.9. The Bertz CT molecular complexity index is 694. The molecule has 4 N–H and O–H groups in total. The van der Waals surface area contributed by atoms with Crippen molar-refractivity contribution in [3.63, 3.8) is 0 Å². The summed E-state index contributed by atoms with van der Waals surface area (Å²) in [6.07, 6.45) is 3.29. The van der Waals surface area contributed by atoms with Gasteiger partial charge in [0.05, 0.1) is 0 Å². The molecule has 0 aliphatic rings. The first-order valence-electron chi connectivity index (χ1n) is 7.15. The Morgan fingerprint density at radius 3 is 2.35 bits per heavy atom. The lowest BCUT2D eigenvalue weighted by Crippen LogP contribution is -2.45. The zero-order valence-electron chi connectivity index (χ0n) is 12.5. The van der Waals surface area contributed by atoms with Crippen molar-refractivity contribution in [1.82, 2.24) is 5.32 Å². The Kier molecular flexibility index (Phi) is 5.52. The normalized spacial score (nSPS) is 12.0. The molecule has 0 heterocycles. The monoisotopic (exact) mass is 310 g/mol. The zero-order chi connectivity index (χ0) is 16.7. The van der Waals surface area contributed by atoms with Gasteiger partial charge < -0.3 is 16.2 Å². The molecule has 1 atom stereocenters. The third kappa shape index (κ3) is 5.32. The molecule has 0 spiro atoms. The van der Waals surface area contributed by atoms with E-state index in [0.29, 0.717) is 0 Å². The highest BCUT2D eigenvalue weighted by atomic mass is 16.3. The molecule has 118 valence electrons. The minimum absolute atomic E-state index is 0.138. The first kappa shape index (κ1) is 16.3. The predicted octanol–water partition coefficient (Wildman–Crippen LogP) is 1.62. The van der Waals surface area contributed by atoms with Crippen molar-refractivity contribution in [2.45, 2.75) is 12.5 Å². The minimum Gasteiger partial charge on any atom is -0.508 e. The number of aromatic hydroxyl groups is 1. The van der Waals surface area contributed by atoms with Gasteiger partial charge in [0.15, 0.2) is 0 Å².